The Labute approximate surface area is 137 Å². The highest BCUT2D eigenvalue weighted by atomic mass is 32.1. The summed E-state index contributed by atoms with van der Waals surface area (Å²) in [5, 5.41) is 13.9. The highest BCUT2D eigenvalue weighted by Crippen LogP contribution is 2.22. The molecule has 7 heteroatoms. The van der Waals surface area contributed by atoms with Gasteiger partial charge in [0.05, 0.1) is 12.1 Å². The van der Waals surface area contributed by atoms with Gasteiger partial charge in [0.2, 0.25) is 5.91 Å². The fourth-order valence-electron chi connectivity index (χ4n) is 2.02. The Morgan fingerprint density at radius 1 is 1.30 bits per heavy atom. The zero-order valence-corrected chi connectivity index (χ0v) is 13.6. The first-order chi connectivity index (χ1) is 10.9. The number of carbonyl (C=O) groups excluding carboxylic acids is 1. The highest BCUT2D eigenvalue weighted by molar-refractivity contribution is 7.10. The van der Waals surface area contributed by atoms with Crippen LogP contribution in [0.25, 0.3) is 11.3 Å². The van der Waals surface area contributed by atoms with Crippen molar-refractivity contribution < 1.29 is 19.1 Å². The first kappa shape index (κ1) is 17.1. The standard InChI is InChI=1S/C16H17FN2O3S/c1-9(2)15(16(21)22)19-13(20)7-14-18-12(8-23-14)10-3-5-11(17)6-4-10/h3-6,8-9,15H,7H2,1-2H3,(H,19,20)(H,21,22)/t15-/m1/s1. The third kappa shape index (κ3) is 4.59. The van der Waals surface area contributed by atoms with Crippen molar-refractivity contribution >= 4 is 23.2 Å². The van der Waals surface area contributed by atoms with Crippen LogP contribution in [0.2, 0.25) is 0 Å². The van der Waals surface area contributed by atoms with Gasteiger partial charge in [-0.3, -0.25) is 4.79 Å². The molecule has 0 bridgehead atoms. The van der Waals surface area contributed by atoms with Crippen LogP contribution in [-0.2, 0) is 16.0 Å². The van der Waals surface area contributed by atoms with E-state index in [1.54, 1.807) is 31.4 Å². The largest absolute Gasteiger partial charge is 0.480 e. The number of carboxylic acids is 1. The SMILES string of the molecule is CC(C)[C@@H](NC(=O)Cc1nc(-c2ccc(F)cc2)cs1)C(=O)O. The van der Waals surface area contributed by atoms with Gasteiger partial charge in [0.1, 0.15) is 16.9 Å². The molecule has 2 aromatic rings. The predicted octanol–water partition coefficient (Wildman–Crippen LogP) is 2.72. The molecule has 23 heavy (non-hydrogen) atoms. The van der Waals surface area contributed by atoms with Crippen LogP contribution in [0.5, 0.6) is 0 Å². The van der Waals surface area contributed by atoms with E-state index >= 15 is 0 Å². The monoisotopic (exact) mass is 336 g/mol. The van der Waals surface area contributed by atoms with Crippen molar-refractivity contribution in [3.63, 3.8) is 0 Å². The van der Waals surface area contributed by atoms with Gasteiger partial charge in [-0.25, -0.2) is 14.2 Å². The fraction of sp³-hybridized carbons (Fsp3) is 0.312. The van der Waals surface area contributed by atoms with Crippen LogP contribution < -0.4 is 5.32 Å². The number of halogens is 1. The maximum atomic E-state index is 12.9. The number of hydrogen-bond donors (Lipinski definition) is 2. The quantitative estimate of drug-likeness (QED) is 0.850. The second kappa shape index (κ2) is 7.32. The van der Waals surface area contributed by atoms with Crippen LogP contribution in [0, 0.1) is 11.7 Å². The number of benzene rings is 1. The Morgan fingerprint density at radius 3 is 2.52 bits per heavy atom. The molecule has 0 aliphatic heterocycles. The zero-order valence-electron chi connectivity index (χ0n) is 12.7. The molecule has 0 saturated heterocycles. The molecule has 1 heterocycles. The van der Waals surface area contributed by atoms with E-state index in [1.165, 1.54) is 23.5 Å². The van der Waals surface area contributed by atoms with Crippen LogP contribution in [-0.4, -0.2) is 28.0 Å². The minimum absolute atomic E-state index is 0.0162. The normalized spacial score (nSPS) is 12.2. The molecule has 0 aliphatic rings. The van der Waals surface area contributed by atoms with Crippen molar-refractivity contribution in [1.82, 2.24) is 10.3 Å². The molecule has 1 amide bonds. The van der Waals surface area contributed by atoms with Crippen LogP contribution in [0.15, 0.2) is 29.6 Å². The third-order valence-electron chi connectivity index (χ3n) is 3.25. The molecule has 0 spiro atoms. The third-order valence-corrected chi connectivity index (χ3v) is 4.10. The molecule has 0 saturated carbocycles. The van der Waals surface area contributed by atoms with Gasteiger partial charge in [-0.05, 0) is 30.2 Å². The first-order valence-corrected chi connectivity index (χ1v) is 7.97. The predicted molar refractivity (Wildman–Crippen MR) is 85.6 cm³/mol. The zero-order chi connectivity index (χ0) is 17.0. The number of rotatable bonds is 6. The smallest absolute Gasteiger partial charge is 0.326 e. The van der Waals surface area contributed by atoms with E-state index in [1.807, 2.05) is 0 Å². The molecule has 0 unspecified atom stereocenters. The Kier molecular flexibility index (Phi) is 5.44. The molecular formula is C16H17FN2O3S. The van der Waals surface area contributed by atoms with E-state index in [0.29, 0.717) is 10.7 Å². The summed E-state index contributed by atoms with van der Waals surface area (Å²) in [6, 6.07) is 5.02. The second-order valence-corrected chi connectivity index (χ2v) is 6.38. The van der Waals surface area contributed by atoms with E-state index in [9.17, 15) is 14.0 Å². The number of aromatic nitrogens is 1. The van der Waals surface area contributed by atoms with Crippen molar-refractivity contribution in [2.24, 2.45) is 5.92 Å². The highest BCUT2D eigenvalue weighted by Gasteiger charge is 2.23. The van der Waals surface area contributed by atoms with Crippen LogP contribution >= 0.6 is 11.3 Å². The Bertz CT molecular complexity index is 698. The molecule has 1 aromatic carbocycles. The maximum absolute atomic E-state index is 12.9. The summed E-state index contributed by atoms with van der Waals surface area (Å²) in [5.41, 5.74) is 1.43. The Morgan fingerprint density at radius 2 is 1.96 bits per heavy atom. The van der Waals surface area contributed by atoms with E-state index in [4.69, 9.17) is 5.11 Å². The van der Waals surface area contributed by atoms with Gasteiger partial charge in [-0.2, -0.15) is 0 Å². The molecule has 1 aromatic heterocycles. The van der Waals surface area contributed by atoms with Crippen molar-refractivity contribution in [1.29, 1.82) is 0 Å². The van der Waals surface area contributed by atoms with Crippen molar-refractivity contribution in [2.75, 3.05) is 0 Å². The van der Waals surface area contributed by atoms with E-state index in [-0.39, 0.29) is 24.1 Å². The maximum Gasteiger partial charge on any atom is 0.326 e. The summed E-state index contributed by atoms with van der Waals surface area (Å²) in [7, 11) is 0. The molecule has 2 N–H and O–H groups in total. The number of amides is 1. The summed E-state index contributed by atoms with van der Waals surface area (Å²) < 4.78 is 12.9. The average molecular weight is 336 g/mol. The van der Waals surface area contributed by atoms with Crippen molar-refractivity contribution in [3.8, 4) is 11.3 Å². The molecule has 5 nitrogen and oxygen atoms in total. The van der Waals surface area contributed by atoms with E-state index in [2.05, 4.69) is 10.3 Å². The van der Waals surface area contributed by atoms with Gasteiger partial charge in [-0.15, -0.1) is 11.3 Å². The number of nitrogens with zero attached hydrogens (tertiary/aromatic N) is 1. The second-order valence-electron chi connectivity index (χ2n) is 5.44. The van der Waals surface area contributed by atoms with Crippen LogP contribution in [0.1, 0.15) is 18.9 Å². The van der Waals surface area contributed by atoms with Gasteiger partial charge in [0, 0.05) is 10.9 Å². The molecule has 122 valence electrons. The summed E-state index contributed by atoms with van der Waals surface area (Å²) >= 11 is 1.31. The van der Waals surface area contributed by atoms with Crippen LogP contribution in [0.4, 0.5) is 4.39 Å². The minimum atomic E-state index is -1.06. The van der Waals surface area contributed by atoms with Gasteiger partial charge in [-0.1, -0.05) is 13.8 Å². The van der Waals surface area contributed by atoms with Crippen molar-refractivity contribution in [3.05, 3.63) is 40.5 Å². The topological polar surface area (TPSA) is 79.3 Å². The minimum Gasteiger partial charge on any atom is -0.480 e. The summed E-state index contributed by atoms with van der Waals surface area (Å²) in [6.07, 6.45) is 0.0162. The molecule has 0 radical (unpaired) electrons. The molecule has 1 atom stereocenters. The first-order valence-electron chi connectivity index (χ1n) is 7.09. The van der Waals surface area contributed by atoms with Gasteiger partial charge in [0.25, 0.3) is 0 Å². The van der Waals surface area contributed by atoms with E-state index in [0.717, 1.165) is 5.56 Å². The van der Waals surface area contributed by atoms with Gasteiger partial charge >= 0.3 is 5.97 Å². The number of carboxylic acid groups (broad SMARTS) is 1. The molecule has 2 rings (SSSR count). The molecular weight excluding hydrogens is 319 g/mol. The number of carbonyl (C=O) groups is 2. The Hall–Kier alpha value is -2.28. The average Bonchev–Trinajstić information content (AvgIpc) is 2.93. The summed E-state index contributed by atoms with van der Waals surface area (Å²) in [6.45, 7) is 3.46. The lowest BCUT2D eigenvalue weighted by molar-refractivity contribution is -0.143. The summed E-state index contributed by atoms with van der Waals surface area (Å²) in [5.74, 6) is -1.97. The van der Waals surface area contributed by atoms with Crippen LogP contribution in [0.3, 0.4) is 0 Å². The lowest BCUT2D eigenvalue weighted by atomic mass is 10.0. The molecule has 0 aliphatic carbocycles. The Balaban J connectivity index is 2.02. The van der Waals surface area contributed by atoms with Crippen molar-refractivity contribution in [2.45, 2.75) is 26.3 Å². The number of nitrogens with one attached hydrogen (secondary N) is 1. The molecule has 0 fully saturated rings. The summed E-state index contributed by atoms with van der Waals surface area (Å²) in [4.78, 5) is 27.4. The van der Waals surface area contributed by atoms with Gasteiger partial charge in [0.15, 0.2) is 0 Å². The fourth-order valence-corrected chi connectivity index (χ4v) is 2.82. The lowest BCUT2D eigenvalue weighted by Gasteiger charge is -2.17. The van der Waals surface area contributed by atoms with E-state index < -0.39 is 12.0 Å². The number of aliphatic carboxylic acids is 1. The lowest BCUT2D eigenvalue weighted by Crippen LogP contribution is -2.44. The van der Waals surface area contributed by atoms with Gasteiger partial charge < -0.3 is 10.4 Å². The number of hydrogen-bond acceptors (Lipinski definition) is 4. The number of thiazole rings is 1.